The number of amides is 1. The Morgan fingerprint density at radius 1 is 1.41 bits per heavy atom. The molecule has 0 radical (unpaired) electrons. The molecular weight excluding hydrogens is 216 g/mol. The summed E-state index contributed by atoms with van der Waals surface area (Å²) < 4.78 is 5.46. The minimum Gasteiger partial charge on any atom is -0.492 e. The second-order valence-corrected chi connectivity index (χ2v) is 3.93. The summed E-state index contributed by atoms with van der Waals surface area (Å²) in [5, 5.41) is 2.82. The number of rotatable bonds is 7. The largest absolute Gasteiger partial charge is 0.492 e. The lowest BCUT2D eigenvalue weighted by atomic mass is 10.1. The SMILES string of the molecule is CC(CCN)C(=O)NCCOc1ccccc1. The normalized spacial score (nSPS) is 11.9. The van der Waals surface area contributed by atoms with E-state index in [0.29, 0.717) is 26.1 Å². The molecule has 1 atom stereocenters. The van der Waals surface area contributed by atoms with Crippen LogP contribution < -0.4 is 15.8 Å². The third-order valence-electron chi connectivity index (χ3n) is 2.46. The van der Waals surface area contributed by atoms with Gasteiger partial charge in [0.1, 0.15) is 12.4 Å². The van der Waals surface area contributed by atoms with E-state index >= 15 is 0 Å². The second-order valence-electron chi connectivity index (χ2n) is 3.93. The van der Waals surface area contributed by atoms with Gasteiger partial charge < -0.3 is 15.8 Å². The van der Waals surface area contributed by atoms with Crippen molar-refractivity contribution >= 4 is 5.91 Å². The summed E-state index contributed by atoms with van der Waals surface area (Å²) in [6.07, 6.45) is 0.714. The van der Waals surface area contributed by atoms with E-state index in [0.717, 1.165) is 5.75 Å². The Kier molecular flexibility index (Phi) is 6.10. The Morgan fingerprint density at radius 2 is 2.12 bits per heavy atom. The smallest absolute Gasteiger partial charge is 0.222 e. The first-order valence-electron chi connectivity index (χ1n) is 5.89. The van der Waals surface area contributed by atoms with Gasteiger partial charge in [-0.15, -0.1) is 0 Å². The maximum atomic E-state index is 11.5. The van der Waals surface area contributed by atoms with E-state index in [1.807, 2.05) is 37.3 Å². The molecule has 0 saturated carbocycles. The predicted octanol–water partition coefficient (Wildman–Crippen LogP) is 1.17. The van der Waals surface area contributed by atoms with Crippen molar-refractivity contribution in [1.82, 2.24) is 5.32 Å². The molecule has 0 aliphatic rings. The highest BCUT2D eigenvalue weighted by atomic mass is 16.5. The van der Waals surface area contributed by atoms with Gasteiger partial charge in [0.2, 0.25) is 5.91 Å². The van der Waals surface area contributed by atoms with Crippen LogP contribution in [0.2, 0.25) is 0 Å². The van der Waals surface area contributed by atoms with E-state index in [-0.39, 0.29) is 11.8 Å². The molecule has 0 aromatic heterocycles. The fraction of sp³-hybridized carbons (Fsp3) is 0.462. The van der Waals surface area contributed by atoms with Crippen LogP contribution in [0.25, 0.3) is 0 Å². The molecule has 0 aliphatic carbocycles. The van der Waals surface area contributed by atoms with Crippen LogP contribution in [0.1, 0.15) is 13.3 Å². The highest BCUT2D eigenvalue weighted by molar-refractivity contribution is 5.78. The lowest BCUT2D eigenvalue weighted by Gasteiger charge is -2.11. The Bertz CT molecular complexity index is 327. The third-order valence-corrected chi connectivity index (χ3v) is 2.46. The Morgan fingerprint density at radius 3 is 2.76 bits per heavy atom. The molecule has 1 aromatic rings. The van der Waals surface area contributed by atoms with Crippen LogP contribution in [-0.4, -0.2) is 25.6 Å². The Hall–Kier alpha value is -1.55. The van der Waals surface area contributed by atoms with Crippen LogP contribution >= 0.6 is 0 Å². The number of benzene rings is 1. The molecule has 1 rings (SSSR count). The van der Waals surface area contributed by atoms with Crippen molar-refractivity contribution in [2.75, 3.05) is 19.7 Å². The van der Waals surface area contributed by atoms with Crippen LogP contribution in [0.4, 0.5) is 0 Å². The molecule has 17 heavy (non-hydrogen) atoms. The summed E-state index contributed by atoms with van der Waals surface area (Å²) in [5.41, 5.74) is 5.39. The van der Waals surface area contributed by atoms with Gasteiger partial charge >= 0.3 is 0 Å². The molecule has 0 bridgehead atoms. The molecule has 0 heterocycles. The molecule has 1 unspecified atom stereocenters. The van der Waals surface area contributed by atoms with Crippen molar-refractivity contribution in [2.45, 2.75) is 13.3 Å². The lowest BCUT2D eigenvalue weighted by Crippen LogP contribution is -2.33. The molecule has 0 aliphatic heterocycles. The quantitative estimate of drug-likeness (QED) is 0.698. The maximum Gasteiger partial charge on any atom is 0.222 e. The van der Waals surface area contributed by atoms with Gasteiger partial charge in [0, 0.05) is 5.92 Å². The van der Waals surface area contributed by atoms with Gasteiger partial charge in [-0.2, -0.15) is 0 Å². The molecule has 0 fully saturated rings. The van der Waals surface area contributed by atoms with Crippen molar-refractivity contribution in [1.29, 1.82) is 0 Å². The maximum absolute atomic E-state index is 11.5. The van der Waals surface area contributed by atoms with Crippen LogP contribution in [0.15, 0.2) is 30.3 Å². The number of hydrogen-bond acceptors (Lipinski definition) is 3. The van der Waals surface area contributed by atoms with E-state index in [9.17, 15) is 4.79 Å². The van der Waals surface area contributed by atoms with Crippen molar-refractivity contribution < 1.29 is 9.53 Å². The van der Waals surface area contributed by atoms with Crippen molar-refractivity contribution in [3.63, 3.8) is 0 Å². The van der Waals surface area contributed by atoms with Crippen molar-refractivity contribution in [3.05, 3.63) is 30.3 Å². The zero-order valence-electron chi connectivity index (χ0n) is 10.2. The topological polar surface area (TPSA) is 64.4 Å². The number of nitrogens with one attached hydrogen (secondary N) is 1. The number of hydrogen-bond donors (Lipinski definition) is 2. The van der Waals surface area contributed by atoms with Gasteiger partial charge in [0.05, 0.1) is 6.54 Å². The first kappa shape index (κ1) is 13.5. The second kappa shape index (κ2) is 7.68. The Balaban J connectivity index is 2.14. The van der Waals surface area contributed by atoms with Gasteiger partial charge in [-0.3, -0.25) is 4.79 Å². The zero-order valence-corrected chi connectivity index (χ0v) is 10.2. The number of carbonyl (C=O) groups excluding carboxylic acids is 1. The van der Waals surface area contributed by atoms with E-state index in [2.05, 4.69) is 5.32 Å². The summed E-state index contributed by atoms with van der Waals surface area (Å²) in [4.78, 5) is 11.5. The monoisotopic (exact) mass is 236 g/mol. The van der Waals surface area contributed by atoms with Gasteiger partial charge in [-0.05, 0) is 25.1 Å². The fourth-order valence-corrected chi connectivity index (χ4v) is 1.42. The van der Waals surface area contributed by atoms with Crippen LogP contribution in [0.5, 0.6) is 5.75 Å². The average molecular weight is 236 g/mol. The zero-order chi connectivity index (χ0) is 12.5. The van der Waals surface area contributed by atoms with Gasteiger partial charge in [0.25, 0.3) is 0 Å². The predicted molar refractivity (Wildman–Crippen MR) is 67.8 cm³/mol. The Labute approximate surface area is 102 Å². The first-order chi connectivity index (χ1) is 8.24. The molecule has 0 spiro atoms. The third kappa shape index (κ3) is 5.36. The van der Waals surface area contributed by atoms with E-state index < -0.39 is 0 Å². The molecule has 4 heteroatoms. The van der Waals surface area contributed by atoms with Crippen molar-refractivity contribution in [3.8, 4) is 5.75 Å². The highest BCUT2D eigenvalue weighted by Gasteiger charge is 2.10. The van der Waals surface area contributed by atoms with Gasteiger partial charge in [-0.1, -0.05) is 25.1 Å². The number of para-hydroxylation sites is 1. The minimum atomic E-state index is -0.0308. The first-order valence-corrected chi connectivity index (χ1v) is 5.89. The standard InChI is InChI=1S/C13H20N2O2/c1-11(7-8-14)13(16)15-9-10-17-12-5-3-2-4-6-12/h2-6,11H,7-10,14H2,1H3,(H,15,16). The fourth-order valence-electron chi connectivity index (χ4n) is 1.42. The summed E-state index contributed by atoms with van der Waals surface area (Å²) in [6, 6.07) is 9.54. The molecule has 3 N–H and O–H groups in total. The van der Waals surface area contributed by atoms with Gasteiger partial charge in [0.15, 0.2) is 0 Å². The van der Waals surface area contributed by atoms with Crippen LogP contribution in [0.3, 0.4) is 0 Å². The molecular formula is C13H20N2O2. The summed E-state index contributed by atoms with van der Waals surface area (Å²) in [5.74, 6) is 0.820. The summed E-state index contributed by atoms with van der Waals surface area (Å²) >= 11 is 0. The highest BCUT2D eigenvalue weighted by Crippen LogP contribution is 2.07. The number of ether oxygens (including phenoxy) is 1. The van der Waals surface area contributed by atoms with E-state index in [1.54, 1.807) is 0 Å². The summed E-state index contributed by atoms with van der Waals surface area (Å²) in [7, 11) is 0. The minimum absolute atomic E-state index is 0.0308. The van der Waals surface area contributed by atoms with E-state index in [4.69, 9.17) is 10.5 Å². The number of nitrogens with two attached hydrogens (primary N) is 1. The lowest BCUT2D eigenvalue weighted by molar-refractivity contribution is -0.124. The molecule has 1 amide bonds. The molecule has 4 nitrogen and oxygen atoms in total. The summed E-state index contributed by atoms with van der Waals surface area (Å²) in [6.45, 7) is 3.41. The van der Waals surface area contributed by atoms with Crippen LogP contribution in [0, 0.1) is 5.92 Å². The van der Waals surface area contributed by atoms with Crippen molar-refractivity contribution in [2.24, 2.45) is 11.7 Å². The van der Waals surface area contributed by atoms with Crippen LogP contribution in [-0.2, 0) is 4.79 Å². The van der Waals surface area contributed by atoms with E-state index in [1.165, 1.54) is 0 Å². The average Bonchev–Trinajstić information content (AvgIpc) is 2.36. The molecule has 94 valence electrons. The molecule has 0 saturated heterocycles. The molecule has 1 aromatic carbocycles. The number of carbonyl (C=O) groups is 1. The van der Waals surface area contributed by atoms with Gasteiger partial charge in [-0.25, -0.2) is 0 Å².